The van der Waals surface area contributed by atoms with Crippen LogP contribution in [0.1, 0.15) is 25.0 Å². The highest BCUT2D eigenvalue weighted by atomic mass is 19.1. The molecule has 0 amide bonds. The Bertz CT molecular complexity index is 439. The minimum absolute atomic E-state index is 0.00473. The highest BCUT2D eigenvalue weighted by molar-refractivity contribution is 5.36. The van der Waals surface area contributed by atoms with Crippen LogP contribution in [0.3, 0.4) is 0 Å². The lowest BCUT2D eigenvalue weighted by atomic mass is 9.99. The van der Waals surface area contributed by atoms with Gasteiger partial charge in [0.05, 0.1) is 6.61 Å². The third-order valence-corrected chi connectivity index (χ3v) is 2.97. The number of aromatic nitrogens is 1. The molecular formula is C13H15FN2O2. The molecule has 0 bridgehead atoms. The maximum absolute atomic E-state index is 12.8. The first kappa shape index (κ1) is 12.8. The van der Waals surface area contributed by atoms with Crippen LogP contribution < -0.4 is 4.74 Å². The SMILES string of the molecule is N#Cc1nc(F)ccc1OCCC1CCCOC1. The first-order chi connectivity index (χ1) is 8.79. The molecule has 5 heteroatoms. The van der Waals surface area contributed by atoms with E-state index in [1.54, 1.807) is 0 Å². The minimum atomic E-state index is -0.667. The van der Waals surface area contributed by atoms with Gasteiger partial charge in [-0.15, -0.1) is 0 Å². The van der Waals surface area contributed by atoms with Gasteiger partial charge in [0.1, 0.15) is 6.07 Å². The molecule has 4 nitrogen and oxygen atoms in total. The van der Waals surface area contributed by atoms with Gasteiger partial charge in [0.25, 0.3) is 0 Å². The third-order valence-electron chi connectivity index (χ3n) is 2.97. The Balaban J connectivity index is 1.84. The molecule has 1 aliphatic rings. The van der Waals surface area contributed by atoms with E-state index in [0.29, 0.717) is 18.3 Å². The molecule has 1 saturated heterocycles. The molecule has 2 rings (SSSR count). The zero-order chi connectivity index (χ0) is 12.8. The Kier molecular flexibility index (Phi) is 4.48. The van der Waals surface area contributed by atoms with Gasteiger partial charge >= 0.3 is 0 Å². The second kappa shape index (κ2) is 6.31. The van der Waals surface area contributed by atoms with Crippen molar-refractivity contribution in [2.45, 2.75) is 19.3 Å². The van der Waals surface area contributed by atoms with Crippen LogP contribution in [0.5, 0.6) is 5.75 Å². The summed E-state index contributed by atoms with van der Waals surface area (Å²) in [5.74, 6) is 0.188. The molecule has 0 radical (unpaired) electrons. The van der Waals surface area contributed by atoms with Gasteiger partial charge in [-0.1, -0.05) is 0 Å². The van der Waals surface area contributed by atoms with Crippen LogP contribution in [0.2, 0.25) is 0 Å². The molecule has 1 atom stereocenters. The number of hydrogen-bond donors (Lipinski definition) is 0. The van der Waals surface area contributed by atoms with Crippen molar-refractivity contribution in [2.75, 3.05) is 19.8 Å². The Morgan fingerprint density at radius 3 is 3.17 bits per heavy atom. The molecule has 1 fully saturated rings. The summed E-state index contributed by atoms with van der Waals surface area (Å²) in [6.07, 6.45) is 3.12. The maximum atomic E-state index is 12.8. The van der Waals surface area contributed by atoms with E-state index in [1.807, 2.05) is 6.07 Å². The molecule has 2 heterocycles. The van der Waals surface area contributed by atoms with Gasteiger partial charge in [-0.2, -0.15) is 9.65 Å². The summed E-state index contributed by atoms with van der Waals surface area (Å²) >= 11 is 0. The van der Waals surface area contributed by atoms with Crippen molar-refractivity contribution in [1.82, 2.24) is 4.98 Å². The van der Waals surface area contributed by atoms with Crippen LogP contribution in [-0.4, -0.2) is 24.8 Å². The Labute approximate surface area is 105 Å². The fourth-order valence-corrected chi connectivity index (χ4v) is 1.99. The first-order valence-corrected chi connectivity index (χ1v) is 6.07. The zero-order valence-corrected chi connectivity index (χ0v) is 10.1. The smallest absolute Gasteiger partial charge is 0.214 e. The van der Waals surface area contributed by atoms with E-state index >= 15 is 0 Å². The number of rotatable bonds is 4. The average Bonchev–Trinajstić information content (AvgIpc) is 2.41. The molecular weight excluding hydrogens is 235 g/mol. The van der Waals surface area contributed by atoms with Crippen LogP contribution in [0.4, 0.5) is 4.39 Å². The van der Waals surface area contributed by atoms with Gasteiger partial charge in [-0.05, 0) is 37.3 Å². The highest BCUT2D eigenvalue weighted by Gasteiger charge is 2.14. The standard InChI is InChI=1S/C13H15FN2O2/c14-13-4-3-12(11(8-15)16-13)18-7-5-10-2-1-6-17-9-10/h3-4,10H,1-2,5-7,9H2. The highest BCUT2D eigenvalue weighted by Crippen LogP contribution is 2.19. The quantitative estimate of drug-likeness (QED) is 0.769. The fraction of sp³-hybridized carbons (Fsp3) is 0.538. The van der Waals surface area contributed by atoms with Crippen LogP contribution in [0.25, 0.3) is 0 Å². The Morgan fingerprint density at radius 2 is 2.44 bits per heavy atom. The Morgan fingerprint density at radius 1 is 1.56 bits per heavy atom. The van der Waals surface area contributed by atoms with Crippen LogP contribution in [-0.2, 0) is 4.74 Å². The van der Waals surface area contributed by atoms with Crippen molar-refractivity contribution in [3.63, 3.8) is 0 Å². The van der Waals surface area contributed by atoms with Crippen molar-refractivity contribution < 1.29 is 13.9 Å². The van der Waals surface area contributed by atoms with Gasteiger partial charge in [-0.3, -0.25) is 0 Å². The number of nitrogens with zero attached hydrogens (tertiary/aromatic N) is 2. The van der Waals surface area contributed by atoms with E-state index in [4.69, 9.17) is 14.7 Å². The summed E-state index contributed by atoms with van der Waals surface area (Å²) in [5.41, 5.74) is -0.00473. The number of ether oxygens (including phenoxy) is 2. The third kappa shape index (κ3) is 3.41. The number of pyridine rings is 1. The predicted molar refractivity (Wildman–Crippen MR) is 62.6 cm³/mol. The molecule has 18 heavy (non-hydrogen) atoms. The molecule has 1 aromatic heterocycles. The van der Waals surface area contributed by atoms with Gasteiger partial charge in [-0.25, -0.2) is 4.98 Å². The summed E-state index contributed by atoms with van der Waals surface area (Å²) in [6, 6.07) is 4.46. The van der Waals surface area contributed by atoms with E-state index < -0.39 is 5.95 Å². The second-order valence-electron chi connectivity index (χ2n) is 4.31. The molecule has 0 spiro atoms. The van der Waals surface area contributed by atoms with Crippen molar-refractivity contribution >= 4 is 0 Å². The summed E-state index contributed by atoms with van der Waals surface area (Å²) in [7, 11) is 0. The van der Waals surface area contributed by atoms with E-state index in [2.05, 4.69) is 4.98 Å². The monoisotopic (exact) mass is 250 g/mol. The van der Waals surface area contributed by atoms with Crippen molar-refractivity contribution in [1.29, 1.82) is 5.26 Å². The zero-order valence-electron chi connectivity index (χ0n) is 10.1. The van der Waals surface area contributed by atoms with Gasteiger partial charge < -0.3 is 9.47 Å². The minimum Gasteiger partial charge on any atom is -0.491 e. The molecule has 0 saturated carbocycles. The lowest BCUT2D eigenvalue weighted by Crippen LogP contribution is -2.19. The largest absolute Gasteiger partial charge is 0.491 e. The van der Waals surface area contributed by atoms with E-state index in [0.717, 1.165) is 32.5 Å². The summed E-state index contributed by atoms with van der Waals surface area (Å²) in [5, 5.41) is 8.81. The first-order valence-electron chi connectivity index (χ1n) is 6.07. The number of hydrogen-bond acceptors (Lipinski definition) is 4. The predicted octanol–water partition coefficient (Wildman–Crippen LogP) is 2.29. The molecule has 0 aliphatic carbocycles. The van der Waals surface area contributed by atoms with Gasteiger partial charge in [0, 0.05) is 13.2 Å². The van der Waals surface area contributed by atoms with Crippen molar-refractivity contribution in [2.24, 2.45) is 5.92 Å². The van der Waals surface area contributed by atoms with Crippen molar-refractivity contribution in [3.05, 3.63) is 23.8 Å². The average molecular weight is 250 g/mol. The molecule has 1 aromatic rings. The van der Waals surface area contributed by atoms with E-state index in [9.17, 15) is 4.39 Å². The van der Waals surface area contributed by atoms with Gasteiger partial charge in [0.15, 0.2) is 11.4 Å². The van der Waals surface area contributed by atoms with Gasteiger partial charge in [0.2, 0.25) is 5.95 Å². The molecule has 1 aliphatic heterocycles. The molecule has 96 valence electrons. The van der Waals surface area contributed by atoms with E-state index in [1.165, 1.54) is 12.1 Å². The summed E-state index contributed by atoms with van der Waals surface area (Å²) in [6.45, 7) is 2.12. The Hall–Kier alpha value is -1.67. The number of nitriles is 1. The van der Waals surface area contributed by atoms with Crippen LogP contribution in [0.15, 0.2) is 12.1 Å². The summed E-state index contributed by atoms with van der Waals surface area (Å²) in [4.78, 5) is 3.48. The lowest BCUT2D eigenvalue weighted by molar-refractivity contribution is 0.0462. The maximum Gasteiger partial charge on any atom is 0.214 e. The summed E-state index contributed by atoms with van der Waals surface area (Å²) < 4.78 is 23.7. The molecule has 0 aromatic carbocycles. The van der Waals surface area contributed by atoms with Crippen LogP contribution in [0, 0.1) is 23.2 Å². The second-order valence-corrected chi connectivity index (χ2v) is 4.31. The van der Waals surface area contributed by atoms with E-state index in [-0.39, 0.29) is 5.69 Å². The molecule has 0 N–H and O–H groups in total. The normalized spacial score (nSPS) is 19.2. The lowest BCUT2D eigenvalue weighted by Gasteiger charge is -2.21. The topological polar surface area (TPSA) is 55.1 Å². The fourth-order valence-electron chi connectivity index (χ4n) is 1.99. The molecule has 1 unspecified atom stereocenters. The van der Waals surface area contributed by atoms with Crippen molar-refractivity contribution in [3.8, 4) is 11.8 Å². The number of halogens is 1. The van der Waals surface area contributed by atoms with Crippen LogP contribution >= 0.6 is 0 Å².